The van der Waals surface area contributed by atoms with Gasteiger partial charge >= 0.3 is 0 Å². The van der Waals surface area contributed by atoms with E-state index in [1.165, 1.54) is 11.3 Å². The van der Waals surface area contributed by atoms with Gasteiger partial charge in [-0.1, -0.05) is 17.4 Å². The van der Waals surface area contributed by atoms with Crippen molar-refractivity contribution >= 4 is 22.4 Å². The molecule has 0 bridgehead atoms. The van der Waals surface area contributed by atoms with Gasteiger partial charge in [-0.15, -0.1) is 10.2 Å². The van der Waals surface area contributed by atoms with Crippen molar-refractivity contribution in [3.63, 3.8) is 0 Å². The number of carbonyl (C=O) groups excluding carboxylic acids is 1. The van der Waals surface area contributed by atoms with Gasteiger partial charge in [0, 0.05) is 13.3 Å². The number of carbonyl (C=O) groups is 1. The lowest BCUT2D eigenvalue weighted by Crippen LogP contribution is -2.51. The molecule has 2 aromatic heterocycles. The van der Waals surface area contributed by atoms with Crippen LogP contribution in [0.1, 0.15) is 12.8 Å². The third kappa shape index (κ3) is 2.99. The number of anilines is 1. The van der Waals surface area contributed by atoms with Crippen LogP contribution in [0, 0.1) is 0 Å². The molecule has 0 aromatic carbocycles. The highest BCUT2D eigenvalue weighted by Crippen LogP contribution is 2.28. The number of hydrogen-bond acceptors (Lipinski definition) is 7. The molecule has 2 aromatic rings. The van der Waals surface area contributed by atoms with Gasteiger partial charge in [-0.2, -0.15) is 0 Å². The number of nitrogens with one attached hydrogen (secondary N) is 2. The van der Waals surface area contributed by atoms with Crippen LogP contribution in [0.3, 0.4) is 0 Å². The van der Waals surface area contributed by atoms with Crippen LogP contribution in [0.25, 0.3) is 10.7 Å². The van der Waals surface area contributed by atoms with Gasteiger partial charge in [-0.25, -0.2) is 0 Å². The molecule has 0 unspecified atom stereocenters. The monoisotopic (exact) mass is 319 g/mol. The molecule has 0 atom stereocenters. The van der Waals surface area contributed by atoms with E-state index in [-0.39, 0.29) is 5.91 Å². The average molecular weight is 319 g/mol. The molecule has 22 heavy (non-hydrogen) atoms. The highest BCUT2D eigenvalue weighted by atomic mass is 32.1. The highest BCUT2D eigenvalue weighted by Gasteiger charge is 2.40. The van der Waals surface area contributed by atoms with Crippen LogP contribution >= 0.6 is 11.3 Å². The zero-order valence-corrected chi connectivity index (χ0v) is 13.0. The predicted octanol–water partition coefficient (Wildman–Crippen LogP) is 1.31. The maximum atomic E-state index is 12.5. The van der Waals surface area contributed by atoms with Crippen LogP contribution in [0.2, 0.25) is 0 Å². The quantitative estimate of drug-likeness (QED) is 0.883. The molecular formula is C14H17N5O2S. The normalized spacial score (nSPS) is 17.1. The van der Waals surface area contributed by atoms with E-state index >= 15 is 0 Å². The Kier molecular flexibility index (Phi) is 4.41. The zero-order chi connectivity index (χ0) is 15.4. The number of amides is 1. The molecule has 1 amide bonds. The van der Waals surface area contributed by atoms with Gasteiger partial charge in [-0.05, 0) is 38.1 Å². The summed E-state index contributed by atoms with van der Waals surface area (Å²) in [6.45, 7) is 1.52. The molecule has 7 nitrogen and oxygen atoms in total. The lowest BCUT2D eigenvalue weighted by molar-refractivity contribution is -0.140. The maximum absolute atomic E-state index is 12.5. The van der Waals surface area contributed by atoms with Gasteiger partial charge in [0.05, 0.1) is 0 Å². The van der Waals surface area contributed by atoms with Gasteiger partial charge in [-0.3, -0.25) is 15.1 Å². The molecule has 0 aliphatic carbocycles. The summed E-state index contributed by atoms with van der Waals surface area (Å²) in [7, 11) is 1.57. The summed E-state index contributed by atoms with van der Waals surface area (Å²) in [5, 5.41) is 15.3. The largest absolute Gasteiger partial charge is 0.368 e. The summed E-state index contributed by atoms with van der Waals surface area (Å²) >= 11 is 1.30. The van der Waals surface area contributed by atoms with E-state index < -0.39 is 5.60 Å². The van der Waals surface area contributed by atoms with Crippen molar-refractivity contribution in [3.05, 3.63) is 24.4 Å². The van der Waals surface area contributed by atoms with Crippen LogP contribution in [0.4, 0.5) is 5.13 Å². The molecule has 116 valence electrons. The van der Waals surface area contributed by atoms with E-state index in [0.29, 0.717) is 23.0 Å². The third-order valence-corrected chi connectivity index (χ3v) is 4.61. The first-order chi connectivity index (χ1) is 10.7. The van der Waals surface area contributed by atoms with Crippen LogP contribution < -0.4 is 10.6 Å². The molecule has 2 N–H and O–H groups in total. The molecule has 0 saturated carbocycles. The van der Waals surface area contributed by atoms with Gasteiger partial charge in [0.2, 0.25) is 5.13 Å². The molecule has 1 fully saturated rings. The smallest absolute Gasteiger partial charge is 0.258 e. The van der Waals surface area contributed by atoms with Crippen LogP contribution in [-0.2, 0) is 9.53 Å². The van der Waals surface area contributed by atoms with Crippen molar-refractivity contribution in [2.75, 3.05) is 25.5 Å². The fourth-order valence-corrected chi connectivity index (χ4v) is 3.15. The molecule has 3 rings (SSSR count). The fourth-order valence-electron chi connectivity index (χ4n) is 2.43. The Morgan fingerprint density at radius 2 is 2.18 bits per heavy atom. The predicted molar refractivity (Wildman–Crippen MR) is 83.6 cm³/mol. The fraction of sp³-hybridized carbons (Fsp3) is 0.429. The number of pyridine rings is 1. The first kappa shape index (κ1) is 15.0. The number of ether oxygens (including phenoxy) is 1. The molecule has 0 radical (unpaired) electrons. The average Bonchev–Trinajstić information content (AvgIpc) is 3.05. The minimum absolute atomic E-state index is 0.166. The van der Waals surface area contributed by atoms with E-state index in [0.717, 1.165) is 18.8 Å². The minimum atomic E-state index is -0.790. The molecule has 8 heteroatoms. The number of piperidine rings is 1. The van der Waals surface area contributed by atoms with Crippen molar-refractivity contribution < 1.29 is 9.53 Å². The number of hydrogen-bond donors (Lipinski definition) is 2. The van der Waals surface area contributed by atoms with E-state index in [9.17, 15) is 4.79 Å². The molecule has 1 saturated heterocycles. The lowest BCUT2D eigenvalue weighted by atomic mass is 9.91. The third-order valence-electron chi connectivity index (χ3n) is 3.75. The van der Waals surface area contributed by atoms with Crippen molar-refractivity contribution in [3.8, 4) is 10.7 Å². The first-order valence-electron chi connectivity index (χ1n) is 7.06. The lowest BCUT2D eigenvalue weighted by Gasteiger charge is -2.34. The summed E-state index contributed by atoms with van der Waals surface area (Å²) in [5.41, 5.74) is -0.0500. The second-order valence-electron chi connectivity index (χ2n) is 5.03. The number of methoxy groups -OCH3 is 1. The van der Waals surface area contributed by atoms with Gasteiger partial charge < -0.3 is 10.1 Å². The molecular weight excluding hydrogens is 302 g/mol. The van der Waals surface area contributed by atoms with E-state index in [2.05, 4.69) is 25.8 Å². The van der Waals surface area contributed by atoms with Crippen molar-refractivity contribution in [1.82, 2.24) is 20.5 Å². The first-order valence-corrected chi connectivity index (χ1v) is 7.87. The Balaban J connectivity index is 1.73. The second-order valence-corrected chi connectivity index (χ2v) is 6.01. The number of aromatic nitrogens is 3. The maximum Gasteiger partial charge on any atom is 0.258 e. The van der Waals surface area contributed by atoms with Crippen molar-refractivity contribution in [2.45, 2.75) is 18.4 Å². The van der Waals surface area contributed by atoms with Crippen molar-refractivity contribution in [1.29, 1.82) is 0 Å². The molecule has 1 aliphatic heterocycles. The van der Waals surface area contributed by atoms with Crippen molar-refractivity contribution in [2.24, 2.45) is 0 Å². The Bertz CT molecular complexity index is 640. The zero-order valence-electron chi connectivity index (χ0n) is 12.2. The molecule has 3 heterocycles. The number of nitrogens with zero attached hydrogens (tertiary/aromatic N) is 3. The van der Waals surface area contributed by atoms with Gasteiger partial charge in [0.1, 0.15) is 11.3 Å². The molecule has 1 aliphatic rings. The second kappa shape index (κ2) is 6.47. The Morgan fingerprint density at radius 3 is 2.86 bits per heavy atom. The topological polar surface area (TPSA) is 89.0 Å². The number of rotatable bonds is 4. The van der Waals surface area contributed by atoms with Crippen LogP contribution in [0.5, 0.6) is 0 Å². The summed E-state index contributed by atoms with van der Waals surface area (Å²) in [6, 6.07) is 5.58. The van der Waals surface area contributed by atoms with Gasteiger partial charge in [0.15, 0.2) is 5.01 Å². The SMILES string of the molecule is COC1(C(=O)Nc2nnc(-c3ccccn3)s2)CCNCC1. The summed E-state index contributed by atoms with van der Waals surface area (Å²) in [5.74, 6) is -0.166. The molecule has 0 spiro atoms. The summed E-state index contributed by atoms with van der Waals surface area (Å²) in [6.07, 6.45) is 2.98. The Labute approximate surface area is 132 Å². The van der Waals surface area contributed by atoms with Crippen LogP contribution in [-0.4, -0.2) is 46.9 Å². The van der Waals surface area contributed by atoms with Crippen LogP contribution in [0.15, 0.2) is 24.4 Å². The van der Waals surface area contributed by atoms with E-state index in [4.69, 9.17) is 4.74 Å². The summed E-state index contributed by atoms with van der Waals surface area (Å²) < 4.78 is 5.50. The van der Waals surface area contributed by atoms with E-state index in [1.807, 2.05) is 18.2 Å². The highest BCUT2D eigenvalue weighted by molar-refractivity contribution is 7.18. The Hall–Kier alpha value is -1.90. The van der Waals surface area contributed by atoms with Gasteiger partial charge in [0.25, 0.3) is 5.91 Å². The van der Waals surface area contributed by atoms with E-state index in [1.54, 1.807) is 13.3 Å². The summed E-state index contributed by atoms with van der Waals surface area (Å²) in [4.78, 5) is 16.7. The Morgan fingerprint density at radius 1 is 1.36 bits per heavy atom. The standard InChI is InChI=1S/C14H17N5O2S/c1-21-14(5-8-15-9-6-14)12(20)17-13-19-18-11(22-13)10-4-2-3-7-16-10/h2-4,7,15H,5-6,8-9H2,1H3,(H,17,19,20). The minimum Gasteiger partial charge on any atom is -0.368 e.